The lowest BCUT2D eigenvalue weighted by molar-refractivity contribution is 0.0535. The molecule has 2 aromatic heterocycles. The fourth-order valence-electron chi connectivity index (χ4n) is 3.73. The predicted molar refractivity (Wildman–Crippen MR) is 102 cm³/mol. The van der Waals surface area contributed by atoms with Crippen LogP contribution in [0.3, 0.4) is 0 Å². The van der Waals surface area contributed by atoms with Crippen LogP contribution in [0.1, 0.15) is 43.9 Å². The van der Waals surface area contributed by atoms with Crippen LogP contribution in [0.2, 0.25) is 0 Å². The highest BCUT2D eigenvalue weighted by molar-refractivity contribution is 7.14. The number of aromatic nitrogens is 1. The van der Waals surface area contributed by atoms with Gasteiger partial charge in [0.1, 0.15) is 5.69 Å². The Kier molecular flexibility index (Phi) is 4.76. The van der Waals surface area contributed by atoms with Gasteiger partial charge in [-0.3, -0.25) is 14.6 Å². The molecule has 0 saturated carbocycles. The van der Waals surface area contributed by atoms with Crippen LogP contribution in [0.15, 0.2) is 30.5 Å². The van der Waals surface area contributed by atoms with E-state index in [1.165, 1.54) is 16.9 Å². The van der Waals surface area contributed by atoms with Gasteiger partial charge in [-0.05, 0) is 48.9 Å². The molecule has 1 aliphatic heterocycles. The molecule has 1 aliphatic carbocycles. The summed E-state index contributed by atoms with van der Waals surface area (Å²) >= 11 is 1.66. The van der Waals surface area contributed by atoms with E-state index in [1.54, 1.807) is 34.6 Å². The zero-order valence-electron chi connectivity index (χ0n) is 15.0. The summed E-state index contributed by atoms with van der Waals surface area (Å²) in [5, 5.41) is 0. The van der Waals surface area contributed by atoms with Gasteiger partial charge in [0.15, 0.2) is 0 Å². The number of aryl methyl sites for hydroxylation is 1. The largest absolute Gasteiger partial charge is 0.334 e. The molecule has 0 N–H and O–H groups in total. The molecule has 6 heteroatoms. The molecule has 0 bridgehead atoms. The number of fused-ring (bicyclic) bond motifs is 1. The summed E-state index contributed by atoms with van der Waals surface area (Å²) in [7, 11) is 0. The second-order valence-electron chi connectivity index (χ2n) is 7.21. The van der Waals surface area contributed by atoms with E-state index < -0.39 is 0 Å². The highest BCUT2D eigenvalue weighted by Crippen LogP contribution is 2.32. The van der Waals surface area contributed by atoms with Crippen molar-refractivity contribution in [3.05, 3.63) is 51.5 Å². The zero-order valence-corrected chi connectivity index (χ0v) is 15.8. The van der Waals surface area contributed by atoms with Crippen LogP contribution in [0.5, 0.6) is 0 Å². The lowest BCUT2D eigenvalue weighted by atomic mass is 9.90. The number of carbonyl (C=O) groups excluding carboxylic acids is 2. The molecule has 0 aromatic carbocycles. The minimum Gasteiger partial charge on any atom is -0.334 e. The molecule has 1 unspecified atom stereocenters. The number of nitrogens with zero attached hydrogens (tertiary/aromatic N) is 3. The fraction of sp³-hybridized carbons (Fsp3) is 0.450. The number of hydrogen-bond acceptors (Lipinski definition) is 4. The second kappa shape index (κ2) is 7.19. The molecular weight excluding hydrogens is 346 g/mol. The summed E-state index contributed by atoms with van der Waals surface area (Å²) in [4.78, 5) is 35.4. The van der Waals surface area contributed by atoms with Crippen LogP contribution in [0.4, 0.5) is 0 Å². The van der Waals surface area contributed by atoms with E-state index in [2.05, 4.69) is 18.0 Å². The molecule has 1 saturated heterocycles. The van der Waals surface area contributed by atoms with Crippen LogP contribution in [-0.4, -0.2) is 52.8 Å². The van der Waals surface area contributed by atoms with Crippen molar-refractivity contribution in [1.82, 2.24) is 14.8 Å². The lowest BCUT2D eigenvalue weighted by Gasteiger charge is -2.34. The van der Waals surface area contributed by atoms with Crippen molar-refractivity contribution < 1.29 is 9.59 Å². The Bertz CT molecular complexity index is 810. The average molecular weight is 369 g/mol. The highest BCUT2D eigenvalue weighted by Gasteiger charge is 2.28. The van der Waals surface area contributed by atoms with Gasteiger partial charge in [0.05, 0.1) is 4.88 Å². The van der Waals surface area contributed by atoms with E-state index in [4.69, 9.17) is 0 Å². The highest BCUT2D eigenvalue weighted by atomic mass is 32.1. The molecule has 2 aliphatic rings. The monoisotopic (exact) mass is 369 g/mol. The van der Waals surface area contributed by atoms with Crippen LogP contribution in [-0.2, 0) is 12.8 Å². The van der Waals surface area contributed by atoms with Crippen molar-refractivity contribution in [2.45, 2.75) is 26.2 Å². The normalized spacial score (nSPS) is 20.0. The van der Waals surface area contributed by atoms with Crippen molar-refractivity contribution in [3.63, 3.8) is 0 Å². The molecule has 1 atom stereocenters. The first-order valence-electron chi connectivity index (χ1n) is 9.23. The van der Waals surface area contributed by atoms with E-state index in [0.717, 1.165) is 17.7 Å². The number of rotatable bonds is 2. The van der Waals surface area contributed by atoms with E-state index in [1.807, 2.05) is 11.0 Å². The summed E-state index contributed by atoms with van der Waals surface area (Å²) in [5.41, 5.74) is 1.83. The number of amides is 2. The van der Waals surface area contributed by atoms with Gasteiger partial charge in [-0.1, -0.05) is 13.0 Å². The van der Waals surface area contributed by atoms with Crippen molar-refractivity contribution >= 4 is 23.2 Å². The molecule has 26 heavy (non-hydrogen) atoms. The minimum absolute atomic E-state index is 0.0572. The molecule has 5 nitrogen and oxygen atoms in total. The predicted octanol–water partition coefficient (Wildman–Crippen LogP) is 2.87. The maximum absolute atomic E-state index is 12.9. The van der Waals surface area contributed by atoms with Crippen LogP contribution in [0.25, 0.3) is 0 Å². The topological polar surface area (TPSA) is 53.5 Å². The third-order valence-corrected chi connectivity index (χ3v) is 6.50. The summed E-state index contributed by atoms with van der Waals surface area (Å²) < 4.78 is 0. The lowest BCUT2D eigenvalue weighted by Crippen LogP contribution is -2.50. The molecule has 2 aromatic rings. The van der Waals surface area contributed by atoms with Crippen LogP contribution >= 0.6 is 11.3 Å². The van der Waals surface area contributed by atoms with Crippen molar-refractivity contribution in [1.29, 1.82) is 0 Å². The molecule has 3 heterocycles. The molecule has 0 spiro atoms. The molecule has 4 rings (SSSR count). The first-order valence-corrected chi connectivity index (χ1v) is 10.0. The summed E-state index contributed by atoms with van der Waals surface area (Å²) in [6, 6.07) is 7.45. The Labute approximate surface area is 157 Å². The van der Waals surface area contributed by atoms with Gasteiger partial charge in [-0.25, -0.2) is 0 Å². The second-order valence-corrected chi connectivity index (χ2v) is 8.34. The molecule has 0 radical (unpaired) electrons. The minimum atomic E-state index is -0.0572. The summed E-state index contributed by atoms with van der Waals surface area (Å²) in [6.45, 7) is 4.55. The maximum atomic E-state index is 12.9. The third kappa shape index (κ3) is 3.38. The number of piperazine rings is 1. The SMILES string of the molecule is CC1CCc2sc(C(=O)N3CCN(C(=O)c4ccccn4)CC3)cc2C1. The van der Waals surface area contributed by atoms with Gasteiger partial charge in [0.2, 0.25) is 0 Å². The smallest absolute Gasteiger partial charge is 0.272 e. The Hall–Kier alpha value is -2.21. The van der Waals surface area contributed by atoms with E-state index in [-0.39, 0.29) is 11.8 Å². The Morgan fingerprint density at radius 2 is 1.85 bits per heavy atom. The molecule has 2 amide bonds. The van der Waals surface area contributed by atoms with Crippen LogP contribution < -0.4 is 0 Å². The van der Waals surface area contributed by atoms with Gasteiger partial charge >= 0.3 is 0 Å². The third-order valence-electron chi connectivity index (χ3n) is 5.28. The van der Waals surface area contributed by atoms with Crippen LogP contribution in [0, 0.1) is 5.92 Å². The van der Waals surface area contributed by atoms with Gasteiger partial charge in [0.25, 0.3) is 11.8 Å². The maximum Gasteiger partial charge on any atom is 0.272 e. The Balaban J connectivity index is 1.39. The van der Waals surface area contributed by atoms with E-state index >= 15 is 0 Å². The Morgan fingerprint density at radius 3 is 2.54 bits per heavy atom. The van der Waals surface area contributed by atoms with Gasteiger partial charge in [0, 0.05) is 37.3 Å². The number of carbonyl (C=O) groups is 2. The number of hydrogen-bond donors (Lipinski definition) is 0. The average Bonchev–Trinajstić information content (AvgIpc) is 3.11. The first kappa shape index (κ1) is 17.2. The molecule has 136 valence electrons. The van der Waals surface area contributed by atoms with Crippen molar-refractivity contribution in [2.24, 2.45) is 5.92 Å². The fourth-order valence-corrected chi connectivity index (χ4v) is 4.91. The van der Waals surface area contributed by atoms with Crippen molar-refractivity contribution in [2.75, 3.05) is 26.2 Å². The number of thiophene rings is 1. The van der Waals surface area contributed by atoms with Gasteiger partial charge in [-0.15, -0.1) is 11.3 Å². The summed E-state index contributed by atoms with van der Waals surface area (Å²) in [5.74, 6) is 0.765. The van der Waals surface area contributed by atoms with E-state index in [0.29, 0.717) is 37.8 Å². The quantitative estimate of drug-likeness (QED) is 0.818. The van der Waals surface area contributed by atoms with Crippen molar-refractivity contribution in [3.8, 4) is 0 Å². The zero-order chi connectivity index (χ0) is 18.1. The first-order chi connectivity index (χ1) is 12.6. The van der Waals surface area contributed by atoms with Gasteiger partial charge < -0.3 is 9.80 Å². The Morgan fingerprint density at radius 1 is 1.12 bits per heavy atom. The molecule has 1 fully saturated rings. The summed E-state index contributed by atoms with van der Waals surface area (Å²) in [6.07, 6.45) is 5.04. The molecular formula is C20H23N3O2S. The van der Waals surface area contributed by atoms with E-state index in [9.17, 15) is 9.59 Å². The number of pyridine rings is 1. The standard InChI is InChI=1S/C20H23N3O2S/c1-14-5-6-17-15(12-14)13-18(26-17)20(25)23-10-8-22(9-11-23)19(24)16-4-2-3-7-21-16/h2-4,7,13-14H,5-6,8-12H2,1H3. The van der Waals surface area contributed by atoms with Gasteiger partial charge in [-0.2, -0.15) is 0 Å².